The molecule has 0 saturated heterocycles. The summed E-state index contributed by atoms with van der Waals surface area (Å²) in [6, 6.07) is 10.7. The summed E-state index contributed by atoms with van der Waals surface area (Å²) in [4.78, 5) is 4.26. The first kappa shape index (κ1) is 13.7. The van der Waals surface area contributed by atoms with Gasteiger partial charge in [0.05, 0.1) is 0 Å². The minimum Gasteiger partial charge on any atom is -0.461 e. The number of fused-ring (bicyclic) bond motifs is 1. The van der Waals surface area contributed by atoms with Gasteiger partial charge in [-0.2, -0.15) is 0 Å². The lowest BCUT2D eigenvalue weighted by atomic mass is 10.2. The second-order valence-corrected chi connectivity index (χ2v) is 5.28. The molecule has 3 rings (SSSR count). The molecule has 0 fully saturated rings. The van der Waals surface area contributed by atoms with E-state index < -0.39 is 0 Å². The molecule has 0 radical (unpaired) electrons. The Labute approximate surface area is 124 Å². The Morgan fingerprint density at radius 2 is 2.10 bits per heavy atom. The first-order valence-electron chi connectivity index (χ1n) is 7.45. The molecule has 0 unspecified atom stereocenters. The third kappa shape index (κ3) is 3.45. The molecular weight excluding hydrogens is 262 g/mol. The fourth-order valence-corrected chi connectivity index (χ4v) is 2.59. The third-order valence-electron chi connectivity index (χ3n) is 3.71. The van der Waals surface area contributed by atoms with Crippen LogP contribution in [0.25, 0.3) is 11.0 Å². The molecule has 2 N–H and O–H groups in total. The highest BCUT2D eigenvalue weighted by Crippen LogP contribution is 2.18. The normalized spacial score (nSPS) is 15.8. The van der Waals surface area contributed by atoms with Gasteiger partial charge in [0.15, 0.2) is 5.96 Å². The maximum absolute atomic E-state index is 5.81. The summed E-state index contributed by atoms with van der Waals surface area (Å²) >= 11 is 0. The summed E-state index contributed by atoms with van der Waals surface area (Å²) in [7, 11) is 1.80. The summed E-state index contributed by atoms with van der Waals surface area (Å²) in [5, 5.41) is 7.92. The minimum absolute atomic E-state index is 0.474. The highest BCUT2D eigenvalue weighted by atomic mass is 16.3. The quantitative estimate of drug-likeness (QED) is 0.515. The number of guanidine groups is 1. The number of furan rings is 1. The molecule has 21 heavy (non-hydrogen) atoms. The van der Waals surface area contributed by atoms with Crippen molar-refractivity contribution >= 4 is 16.9 Å². The zero-order chi connectivity index (χ0) is 14.5. The van der Waals surface area contributed by atoms with Crippen LogP contribution in [-0.2, 0) is 6.42 Å². The lowest BCUT2D eigenvalue weighted by Crippen LogP contribution is -2.43. The number of hydrogen-bond acceptors (Lipinski definition) is 2. The fourth-order valence-electron chi connectivity index (χ4n) is 2.59. The van der Waals surface area contributed by atoms with Gasteiger partial charge in [0, 0.05) is 31.4 Å². The Morgan fingerprint density at radius 1 is 1.29 bits per heavy atom. The van der Waals surface area contributed by atoms with Crippen molar-refractivity contribution in [2.75, 3.05) is 13.6 Å². The molecule has 1 aromatic heterocycles. The molecule has 0 aliphatic heterocycles. The predicted molar refractivity (Wildman–Crippen MR) is 86.6 cm³/mol. The van der Waals surface area contributed by atoms with E-state index in [9.17, 15) is 0 Å². The largest absolute Gasteiger partial charge is 0.461 e. The molecule has 4 heteroatoms. The number of nitrogens with one attached hydrogen (secondary N) is 2. The van der Waals surface area contributed by atoms with Crippen LogP contribution in [0.5, 0.6) is 0 Å². The van der Waals surface area contributed by atoms with Crippen molar-refractivity contribution in [1.29, 1.82) is 0 Å². The predicted octanol–water partition coefficient (Wildman–Crippen LogP) is 2.86. The average molecular weight is 283 g/mol. The molecule has 1 aromatic carbocycles. The van der Waals surface area contributed by atoms with Crippen molar-refractivity contribution in [2.45, 2.75) is 25.3 Å². The maximum atomic E-state index is 5.81. The molecule has 4 nitrogen and oxygen atoms in total. The van der Waals surface area contributed by atoms with E-state index >= 15 is 0 Å². The van der Waals surface area contributed by atoms with Crippen LogP contribution in [-0.4, -0.2) is 25.6 Å². The fraction of sp³-hybridized carbons (Fsp3) is 0.353. The lowest BCUT2D eigenvalue weighted by molar-refractivity contribution is 0.543. The zero-order valence-corrected chi connectivity index (χ0v) is 12.3. The van der Waals surface area contributed by atoms with Crippen LogP contribution < -0.4 is 10.6 Å². The Morgan fingerprint density at radius 3 is 2.86 bits per heavy atom. The van der Waals surface area contributed by atoms with Crippen LogP contribution in [0.4, 0.5) is 0 Å². The van der Waals surface area contributed by atoms with E-state index in [1.54, 1.807) is 7.05 Å². The van der Waals surface area contributed by atoms with Gasteiger partial charge in [-0.25, -0.2) is 0 Å². The van der Waals surface area contributed by atoms with Crippen molar-refractivity contribution in [3.05, 3.63) is 48.2 Å². The van der Waals surface area contributed by atoms with Gasteiger partial charge < -0.3 is 15.1 Å². The molecule has 110 valence electrons. The monoisotopic (exact) mass is 283 g/mol. The third-order valence-corrected chi connectivity index (χ3v) is 3.71. The highest BCUT2D eigenvalue weighted by molar-refractivity contribution is 5.80. The van der Waals surface area contributed by atoms with Crippen molar-refractivity contribution in [1.82, 2.24) is 10.6 Å². The summed E-state index contributed by atoms with van der Waals surface area (Å²) in [5.41, 5.74) is 0.951. The highest BCUT2D eigenvalue weighted by Gasteiger charge is 2.11. The Bertz CT molecular complexity index is 616. The Kier molecular flexibility index (Phi) is 4.24. The summed E-state index contributed by atoms with van der Waals surface area (Å²) in [6.45, 7) is 0.805. The van der Waals surface area contributed by atoms with Gasteiger partial charge in [0.25, 0.3) is 0 Å². The van der Waals surface area contributed by atoms with E-state index in [-0.39, 0.29) is 0 Å². The lowest BCUT2D eigenvalue weighted by Gasteiger charge is -2.16. The molecule has 1 aliphatic rings. The number of para-hydroxylation sites is 1. The van der Waals surface area contributed by atoms with E-state index in [1.807, 2.05) is 18.2 Å². The first-order chi connectivity index (χ1) is 10.3. The zero-order valence-electron chi connectivity index (χ0n) is 12.3. The Hall–Kier alpha value is -2.23. The van der Waals surface area contributed by atoms with Gasteiger partial charge >= 0.3 is 0 Å². The summed E-state index contributed by atoms with van der Waals surface area (Å²) in [6.07, 6.45) is 7.41. The van der Waals surface area contributed by atoms with E-state index in [4.69, 9.17) is 4.42 Å². The molecule has 0 amide bonds. The van der Waals surface area contributed by atoms with Gasteiger partial charge in [-0.05, 0) is 25.0 Å². The van der Waals surface area contributed by atoms with Crippen LogP contribution in [0.3, 0.4) is 0 Å². The number of nitrogens with zero attached hydrogens (tertiary/aromatic N) is 1. The molecule has 1 heterocycles. The first-order valence-corrected chi connectivity index (χ1v) is 7.45. The topological polar surface area (TPSA) is 49.6 Å². The van der Waals surface area contributed by atoms with E-state index in [0.717, 1.165) is 48.5 Å². The van der Waals surface area contributed by atoms with Crippen molar-refractivity contribution in [3.8, 4) is 0 Å². The van der Waals surface area contributed by atoms with Gasteiger partial charge in [0.2, 0.25) is 0 Å². The van der Waals surface area contributed by atoms with E-state index in [0.29, 0.717) is 6.04 Å². The standard InChI is InChI=1S/C17H21N3O/c1-18-17(20-14-7-3-4-8-14)19-11-10-15-12-13-6-2-5-9-16(13)21-15/h2-6,9,12,14H,7-8,10-11H2,1H3,(H2,18,19,20). The van der Waals surface area contributed by atoms with Crippen molar-refractivity contribution < 1.29 is 4.42 Å². The molecule has 0 atom stereocenters. The van der Waals surface area contributed by atoms with Crippen molar-refractivity contribution in [3.63, 3.8) is 0 Å². The van der Waals surface area contributed by atoms with E-state index in [1.165, 1.54) is 0 Å². The maximum Gasteiger partial charge on any atom is 0.191 e. The van der Waals surface area contributed by atoms with Crippen molar-refractivity contribution in [2.24, 2.45) is 4.99 Å². The molecule has 0 spiro atoms. The molecule has 0 saturated carbocycles. The average Bonchev–Trinajstić information content (AvgIpc) is 3.14. The molecule has 0 bridgehead atoms. The van der Waals surface area contributed by atoms with Crippen LogP contribution in [0, 0.1) is 0 Å². The van der Waals surface area contributed by atoms with Gasteiger partial charge in [-0.1, -0.05) is 30.4 Å². The van der Waals surface area contributed by atoms with Crippen LogP contribution in [0.15, 0.2) is 51.9 Å². The second-order valence-electron chi connectivity index (χ2n) is 5.28. The van der Waals surface area contributed by atoms with E-state index in [2.05, 4.69) is 39.9 Å². The van der Waals surface area contributed by atoms with Crippen LogP contribution >= 0.6 is 0 Å². The van der Waals surface area contributed by atoms with Gasteiger partial charge in [-0.3, -0.25) is 4.99 Å². The Balaban J connectivity index is 1.50. The molecular formula is C17H21N3O. The van der Waals surface area contributed by atoms with Gasteiger partial charge in [-0.15, -0.1) is 0 Å². The SMILES string of the molecule is CN=C(NCCc1cc2ccccc2o1)NC1CC=CC1. The molecule has 1 aliphatic carbocycles. The summed E-state index contributed by atoms with van der Waals surface area (Å²) < 4.78 is 5.81. The minimum atomic E-state index is 0.474. The number of hydrogen-bond donors (Lipinski definition) is 2. The summed E-state index contributed by atoms with van der Waals surface area (Å²) in [5.74, 6) is 1.86. The molecule has 2 aromatic rings. The number of benzene rings is 1. The number of rotatable bonds is 4. The van der Waals surface area contributed by atoms with Crippen LogP contribution in [0.1, 0.15) is 18.6 Å². The van der Waals surface area contributed by atoms with Gasteiger partial charge in [0.1, 0.15) is 11.3 Å². The number of aliphatic imine (C=N–C) groups is 1. The van der Waals surface area contributed by atoms with Crippen LogP contribution in [0.2, 0.25) is 0 Å². The smallest absolute Gasteiger partial charge is 0.191 e. The second kappa shape index (κ2) is 6.48.